The Balaban J connectivity index is 0.000000201. The van der Waals surface area contributed by atoms with Crippen LogP contribution in [0.4, 0.5) is 26.3 Å². The lowest BCUT2D eigenvalue weighted by Gasteiger charge is -2.17. The van der Waals surface area contributed by atoms with Crippen molar-refractivity contribution in [3.8, 4) is 0 Å². The Morgan fingerprint density at radius 2 is 0.827 bits per heavy atom. The molecule has 0 unspecified atom stereocenters. The Morgan fingerprint density at radius 1 is 0.462 bits per heavy atom. The molecule has 2 atom stereocenters. The van der Waals surface area contributed by atoms with Crippen LogP contribution in [0.2, 0.25) is 0 Å². The quantitative estimate of drug-likeness (QED) is 0.0974. The fourth-order valence-corrected chi connectivity index (χ4v) is 6.50. The van der Waals surface area contributed by atoms with Gasteiger partial charge in [-0.15, -0.1) is 0 Å². The molecule has 6 rings (SSSR count). The number of halogens is 6. The summed E-state index contributed by atoms with van der Waals surface area (Å²) in [5.41, 5.74) is 2.77. The third-order valence-corrected chi connectivity index (χ3v) is 9.27. The smallest absolute Gasteiger partial charge is 0.310 e. The van der Waals surface area contributed by atoms with Crippen LogP contribution in [0.5, 0.6) is 0 Å². The second kappa shape index (κ2) is 17.7. The van der Waals surface area contributed by atoms with E-state index in [0.29, 0.717) is 12.8 Å². The first-order valence-corrected chi connectivity index (χ1v) is 17.6. The van der Waals surface area contributed by atoms with Gasteiger partial charge in [0.25, 0.3) is 0 Å². The fourth-order valence-electron chi connectivity index (χ4n) is 6.50. The van der Waals surface area contributed by atoms with Crippen molar-refractivity contribution in [3.05, 3.63) is 167 Å². The number of rotatable bonds is 12. The van der Waals surface area contributed by atoms with Crippen molar-refractivity contribution in [3.63, 3.8) is 0 Å². The zero-order chi connectivity index (χ0) is 37.1. The molecule has 0 aliphatic heterocycles. The lowest BCUT2D eigenvalue weighted by molar-refractivity contribution is -0.138. The number of hydrogen-bond donors (Lipinski definition) is 2. The molecular weight excluding hydrogens is 670 g/mol. The van der Waals surface area contributed by atoms with Crippen LogP contribution in [-0.4, -0.2) is 13.1 Å². The largest absolute Gasteiger partial charge is 0.416 e. The molecule has 0 aliphatic rings. The van der Waals surface area contributed by atoms with Crippen molar-refractivity contribution < 1.29 is 26.3 Å². The Hall–Kier alpha value is -4.66. The van der Waals surface area contributed by atoms with Crippen LogP contribution in [0, 0.1) is 0 Å². The molecule has 8 heteroatoms. The van der Waals surface area contributed by atoms with Crippen LogP contribution in [-0.2, 0) is 25.2 Å². The van der Waals surface area contributed by atoms with Gasteiger partial charge in [-0.25, -0.2) is 0 Å². The van der Waals surface area contributed by atoms with Crippen molar-refractivity contribution in [2.75, 3.05) is 13.1 Å². The zero-order valence-corrected chi connectivity index (χ0v) is 29.4. The van der Waals surface area contributed by atoms with Crippen molar-refractivity contribution in [2.24, 2.45) is 0 Å². The Labute approximate surface area is 301 Å². The van der Waals surface area contributed by atoms with Gasteiger partial charge in [-0.1, -0.05) is 121 Å². The van der Waals surface area contributed by atoms with Gasteiger partial charge in [0.05, 0.1) is 11.1 Å². The fraction of sp³-hybridized carbons (Fsp3) is 0.273. The molecule has 0 saturated heterocycles. The highest BCUT2D eigenvalue weighted by atomic mass is 19.4. The third-order valence-electron chi connectivity index (χ3n) is 9.27. The van der Waals surface area contributed by atoms with Gasteiger partial charge in [-0.2, -0.15) is 26.3 Å². The number of fused-ring (bicyclic) bond motifs is 2. The molecule has 0 bridgehead atoms. The first kappa shape index (κ1) is 38.6. The Morgan fingerprint density at radius 3 is 1.23 bits per heavy atom. The normalized spacial score (nSPS) is 13.1. The number of aryl methyl sites for hydroxylation is 2. The van der Waals surface area contributed by atoms with E-state index in [2.05, 4.69) is 85.1 Å². The maximum Gasteiger partial charge on any atom is 0.416 e. The van der Waals surface area contributed by atoms with Gasteiger partial charge in [0.1, 0.15) is 0 Å². The second-order valence-corrected chi connectivity index (χ2v) is 13.1. The van der Waals surface area contributed by atoms with E-state index < -0.39 is 23.5 Å². The summed E-state index contributed by atoms with van der Waals surface area (Å²) in [5.74, 6) is 0. The number of hydrogen-bond acceptors (Lipinski definition) is 2. The Kier molecular flexibility index (Phi) is 13.1. The summed E-state index contributed by atoms with van der Waals surface area (Å²) in [6.07, 6.45) is -5.74. The van der Waals surface area contributed by atoms with E-state index in [1.54, 1.807) is 12.1 Å². The van der Waals surface area contributed by atoms with Crippen LogP contribution >= 0.6 is 0 Å². The molecule has 0 saturated carbocycles. The molecular formula is C44H44F6N2. The minimum Gasteiger partial charge on any atom is -0.310 e. The molecule has 0 amide bonds. The van der Waals surface area contributed by atoms with Crippen molar-refractivity contribution in [1.82, 2.24) is 10.6 Å². The van der Waals surface area contributed by atoms with E-state index in [0.717, 1.165) is 49.2 Å². The monoisotopic (exact) mass is 714 g/mol. The highest BCUT2D eigenvalue weighted by Crippen LogP contribution is 2.31. The summed E-state index contributed by atoms with van der Waals surface area (Å²) in [6, 6.07) is 40.6. The summed E-state index contributed by atoms with van der Waals surface area (Å²) >= 11 is 0. The van der Waals surface area contributed by atoms with Crippen molar-refractivity contribution in [2.45, 2.75) is 64.0 Å². The lowest BCUT2D eigenvalue weighted by Crippen LogP contribution is -2.20. The van der Waals surface area contributed by atoms with Gasteiger partial charge in [-0.3, -0.25) is 0 Å². The van der Waals surface area contributed by atoms with E-state index in [1.165, 1.54) is 56.9 Å². The number of benzene rings is 6. The van der Waals surface area contributed by atoms with E-state index >= 15 is 0 Å². The minimum absolute atomic E-state index is 0.183. The average Bonchev–Trinajstić information content (AvgIpc) is 3.14. The molecule has 6 aromatic carbocycles. The lowest BCUT2D eigenvalue weighted by atomic mass is 9.99. The van der Waals surface area contributed by atoms with Gasteiger partial charge in [-0.05, 0) is 109 Å². The van der Waals surface area contributed by atoms with Gasteiger partial charge in [0, 0.05) is 12.1 Å². The van der Waals surface area contributed by atoms with Crippen molar-refractivity contribution >= 4 is 21.5 Å². The SMILES string of the molecule is C[C@@H](NCCCc1cccc(C(F)(F)F)c1)c1cccc2ccccc12.C[C@@H](NCCCc1cccc(C(F)(F)F)c1)c1cccc2ccccc12. The predicted octanol–water partition coefficient (Wildman–Crippen LogP) is 12.3. The van der Waals surface area contributed by atoms with E-state index in [9.17, 15) is 26.3 Å². The first-order valence-electron chi connectivity index (χ1n) is 17.6. The predicted molar refractivity (Wildman–Crippen MR) is 200 cm³/mol. The van der Waals surface area contributed by atoms with Crippen LogP contribution in [0.25, 0.3) is 21.5 Å². The summed E-state index contributed by atoms with van der Waals surface area (Å²) in [7, 11) is 0. The van der Waals surface area contributed by atoms with Crippen molar-refractivity contribution in [1.29, 1.82) is 0 Å². The van der Waals surface area contributed by atoms with Crippen LogP contribution < -0.4 is 10.6 Å². The molecule has 0 aromatic heterocycles. The molecule has 52 heavy (non-hydrogen) atoms. The van der Waals surface area contributed by atoms with Gasteiger partial charge >= 0.3 is 12.4 Å². The maximum atomic E-state index is 12.8. The first-order chi connectivity index (χ1) is 24.9. The molecule has 0 aliphatic carbocycles. The summed E-state index contributed by atoms with van der Waals surface area (Å²) in [6.45, 7) is 5.74. The second-order valence-electron chi connectivity index (χ2n) is 13.1. The Bertz CT molecular complexity index is 1880. The highest BCUT2D eigenvalue weighted by Gasteiger charge is 2.31. The zero-order valence-electron chi connectivity index (χ0n) is 29.4. The van der Waals surface area contributed by atoms with Crippen LogP contribution in [0.3, 0.4) is 0 Å². The molecule has 0 radical (unpaired) electrons. The van der Waals surface area contributed by atoms with Crippen LogP contribution in [0.1, 0.15) is 72.2 Å². The number of alkyl halides is 6. The standard InChI is InChI=1S/2C22H22F3N/c2*1-16(20-13-5-10-18-9-2-3-12-21(18)20)26-14-6-8-17-7-4-11-19(15-17)22(23,24)25/h2*2-5,7,9-13,15-16,26H,6,8,14H2,1H3/t2*16-/m11/s1. The molecule has 2 N–H and O–H groups in total. The van der Waals surface area contributed by atoms with E-state index in [4.69, 9.17) is 0 Å². The van der Waals surface area contributed by atoms with E-state index in [-0.39, 0.29) is 12.1 Å². The van der Waals surface area contributed by atoms with Gasteiger partial charge in [0.15, 0.2) is 0 Å². The molecule has 0 fully saturated rings. The molecule has 272 valence electrons. The average molecular weight is 715 g/mol. The molecule has 2 nitrogen and oxygen atoms in total. The minimum atomic E-state index is -4.28. The summed E-state index contributed by atoms with van der Waals surface area (Å²) < 4.78 is 76.6. The van der Waals surface area contributed by atoms with Gasteiger partial charge in [0.2, 0.25) is 0 Å². The topological polar surface area (TPSA) is 24.1 Å². The number of nitrogens with one attached hydrogen (secondary N) is 2. The van der Waals surface area contributed by atoms with E-state index in [1.807, 2.05) is 24.3 Å². The summed E-state index contributed by atoms with van der Waals surface area (Å²) in [5, 5.41) is 11.8. The van der Waals surface area contributed by atoms with Crippen LogP contribution in [0.15, 0.2) is 133 Å². The van der Waals surface area contributed by atoms with Gasteiger partial charge < -0.3 is 10.6 Å². The third kappa shape index (κ3) is 10.7. The molecule has 0 spiro atoms. The summed E-state index contributed by atoms with van der Waals surface area (Å²) in [4.78, 5) is 0. The highest BCUT2D eigenvalue weighted by molar-refractivity contribution is 5.86. The molecule has 6 aromatic rings. The maximum absolute atomic E-state index is 12.8. The molecule has 0 heterocycles.